The van der Waals surface area contributed by atoms with Gasteiger partial charge in [-0.1, -0.05) is 11.6 Å². The number of nitrogens with zero attached hydrogens (tertiary/aromatic N) is 3. The van der Waals surface area contributed by atoms with E-state index in [0.29, 0.717) is 18.0 Å². The van der Waals surface area contributed by atoms with Crippen molar-refractivity contribution in [2.45, 2.75) is 37.9 Å². The molecular formula is C16H19ClFN3O3. The first-order valence-corrected chi connectivity index (χ1v) is 8.42. The van der Waals surface area contributed by atoms with E-state index in [-0.39, 0.29) is 37.3 Å². The van der Waals surface area contributed by atoms with Crippen molar-refractivity contribution in [2.24, 2.45) is 0 Å². The Morgan fingerprint density at radius 1 is 1.33 bits per heavy atom. The number of hydrogen-bond acceptors (Lipinski definition) is 4. The van der Waals surface area contributed by atoms with Crippen molar-refractivity contribution < 1.29 is 18.7 Å². The number of likely N-dealkylation sites (tertiary alicyclic amines) is 2. The Morgan fingerprint density at radius 3 is 2.88 bits per heavy atom. The Labute approximate surface area is 144 Å². The van der Waals surface area contributed by atoms with Crippen LogP contribution < -0.4 is 4.74 Å². The first-order valence-electron chi connectivity index (χ1n) is 8.05. The predicted octanol–water partition coefficient (Wildman–Crippen LogP) is 2.66. The quantitative estimate of drug-likeness (QED) is 0.818. The Balaban J connectivity index is 1.65. The van der Waals surface area contributed by atoms with Gasteiger partial charge < -0.3 is 14.5 Å². The monoisotopic (exact) mass is 355 g/mol. The van der Waals surface area contributed by atoms with Gasteiger partial charge in [-0.3, -0.25) is 4.79 Å². The van der Waals surface area contributed by atoms with Gasteiger partial charge in [0.1, 0.15) is 6.17 Å². The minimum absolute atomic E-state index is 0.0352. The summed E-state index contributed by atoms with van der Waals surface area (Å²) in [6, 6.07) is 2.73. The number of hydrogen-bond donors (Lipinski definition) is 0. The maximum Gasteiger partial charge on any atom is 0.416 e. The molecule has 3 rings (SSSR count). The van der Waals surface area contributed by atoms with E-state index >= 15 is 0 Å². The lowest BCUT2D eigenvalue weighted by molar-refractivity contribution is -0.137. The molecule has 24 heavy (non-hydrogen) atoms. The summed E-state index contributed by atoms with van der Waals surface area (Å²) in [7, 11) is 0. The second-order valence-electron chi connectivity index (χ2n) is 6.12. The van der Waals surface area contributed by atoms with Crippen LogP contribution in [0.4, 0.5) is 9.18 Å². The van der Waals surface area contributed by atoms with Crippen LogP contribution in [0.3, 0.4) is 0 Å². The summed E-state index contributed by atoms with van der Waals surface area (Å²) in [5, 5.41) is 0.431. The third-order valence-corrected chi connectivity index (χ3v) is 4.55. The van der Waals surface area contributed by atoms with Crippen molar-refractivity contribution in [2.75, 3.05) is 19.6 Å². The molecular weight excluding hydrogens is 337 g/mol. The van der Waals surface area contributed by atoms with Gasteiger partial charge in [0.2, 0.25) is 11.8 Å². The second-order valence-corrected chi connectivity index (χ2v) is 6.56. The Kier molecular flexibility index (Phi) is 5.18. The molecule has 3 heterocycles. The number of pyridine rings is 1. The zero-order chi connectivity index (χ0) is 17.1. The Bertz CT molecular complexity index is 613. The largest absolute Gasteiger partial charge is 0.416 e. The van der Waals surface area contributed by atoms with Crippen LogP contribution in [-0.4, -0.2) is 58.6 Å². The van der Waals surface area contributed by atoms with Gasteiger partial charge in [-0.05, 0) is 18.9 Å². The van der Waals surface area contributed by atoms with Crippen LogP contribution in [0.15, 0.2) is 18.3 Å². The van der Waals surface area contributed by atoms with Crippen LogP contribution >= 0.6 is 11.6 Å². The fourth-order valence-corrected chi connectivity index (χ4v) is 3.29. The van der Waals surface area contributed by atoms with Gasteiger partial charge in [0.25, 0.3) is 0 Å². The molecule has 2 fully saturated rings. The van der Waals surface area contributed by atoms with Crippen molar-refractivity contribution in [1.29, 1.82) is 0 Å². The summed E-state index contributed by atoms with van der Waals surface area (Å²) in [5.74, 6) is 0.143. The molecule has 2 amide bonds. The van der Waals surface area contributed by atoms with E-state index in [9.17, 15) is 14.0 Å². The maximum atomic E-state index is 14.1. The van der Waals surface area contributed by atoms with Crippen LogP contribution in [0.25, 0.3) is 0 Å². The summed E-state index contributed by atoms with van der Waals surface area (Å²) in [6.07, 6.45) is 2.06. The minimum Gasteiger partial charge on any atom is -0.391 e. The van der Waals surface area contributed by atoms with E-state index in [4.69, 9.17) is 16.3 Å². The van der Waals surface area contributed by atoms with Crippen molar-refractivity contribution in [3.05, 3.63) is 23.4 Å². The van der Waals surface area contributed by atoms with E-state index < -0.39 is 12.3 Å². The number of alkyl halides is 1. The van der Waals surface area contributed by atoms with Gasteiger partial charge in [0, 0.05) is 38.2 Å². The molecule has 1 aromatic heterocycles. The number of aromatic nitrogens is 1. The smallest absolute Gasteiger partial charge is 0.391 e. The van der Waals surface area contributed by atoms with Crippen molar-refractivity contribution in [3.8, 4) is 5.88 Å². The first kappa shape index (κ1) is 17.0. The third kappa shape index (κ3) is 3.95. The molecule has 2 saturated heterocycles. The molecule has 2 atom stereocenters. The Hall–Kier alpha value is -1.89. The molecule has 0 radical (unpaired) electrons. The number of amides is 2. The zero-order valence-corrected chi connectivity index (χ0v) is 13.9. The van der Waals surface area contributed by atoms with Crippen LogP contribution in [0.2, 0.25) is 5.02 Å². The van der Waals surface area contributed by atoms with E-state index in [1.165, 1.54) is 17.2 Å². The highest BCUT2D eigenvalue weighted by atomic mass is 35.5. The standard InChI is InChI=1S/C16H19ClFN3O3/c17-11-4-5-14(19-8-11)24-16(23)20-9-12(18)7-13(10-20)21-6-2-1-3-15(21)22/h4-5,8,12-13H,1-3,6-7,9-10H2. The van der Waals surface area contributed by atoms with Gasteiger partial charge in [-0.2, -0.15) is 0 Å². The van der Waals surface area contributed by atoms with Crippen molar-refractivity contribution >= 4 is 23.6 Å². The molecule has 0 aromatic carbocycles. The molecule has 8 heteroatoms. The van der Waals surface area contributed by atoms with Crippen LogP contribution in [0, 0.1) is 0 Å². The fourth-order valence-electron chi connectivity index (χ4n) is 3.18. The average Bonchev–Trinajstić information content (AvgIpc) is 2.57. The molecule has 1 aromatic rings. The topological polar surface area (TPSA) is 62.7 Å². The molecule has 0 aliphatic carbocycles. The maximum absolute atomic E-state index is 14.1. The molecule has 6 nitrogen and oxygen atoms in total. The average molecular weight is 356 g/mol. The van der Waals surface area contributed by atoms with Gasteiger partial charge in [-0.15, -0.1) is 0 Å². The molecule has 0 N–H and O–H groups in total. The first-order chi connectivity index (χ1) is 11.5. The summed E-state index contributed by atoms with van der Waals surface area (Å²) in [6.45, 7) is 0.862. The normalized spacial score (nSPS) is 24.8. The summed E-state index contributed by atoms with van der Waals surface area (Å²) < 4.78 is 19.3. The van der Waals surface area contributed by atoms with Crippen LogP contribution in [-0.2, 0) is 4.79 Å². The number of rotatable bonds is 2. The summed E-state index contributed by atoms with van der Waals surface area (Å²) in [4.78, 5) is 31.2. The van der Waals surface area contributed by atoms with Crippen molar-refractivity contribution in [1.82, 2.24) is 14.8 Å². The molecule has 0 spiro atoms. The lowest BCUT2D eigenvalue weighted by Crippen LogP contribution is -2.56. The number of halogens is 2. The van der Waals surface area contributed by atoms with E-state index in [1.54, 1.807) is 11.0 Å². The van der Waals surface area contributed by atoms with Crippen molar-refractivity contribution in [3.63, 3.8) is 0 Å². The van der Waals surface area contributed by atoms with Crippen LogP contribution in [0.1, 0.15) is 25.7 Å². The molecule has 0 saturated carbocycles. The van der Waals surface area contributed by atoms with E-state index in [2.05, 4.69) is 4.98 Å². The second kappa shape index (κ2) is 7.34. The zero-order valence-electron chi connectivity index (χ0n) is 13.2. The highest BCUT2D eigenvalue weighted by Crippen LogP contribution is 2.23. The predicted molar refractivity (Wildman–Crippen MR) is 85.7 cm³/mol. The number of piperidine rings is 2. The molecule has 2 unspecified atom stereocenters. The highest BCUT2D eigenvalue weighted by Gasteiger charge is 2.36. The van der Waals surface area contributed by atoms with E-state index in [1.807, 2.05) is 0 Å². The Morgan fingerprint density at radius 2 is 2.17 bits per heavy atom. The number of ether oxygens (including phenoxy) is 1. The van der Waals surface area contributed by atoms with Crippen LogP contribution in [0.5, 0.6) is 5.88 Å². The van der Waals surface area contributed by atoms with E-state index in [0.717, 1.165) is 12.8 Å². The molecule has 0 bridgehead atoms. The molecule has 2 aliphatic rings. The summed E-state index contributed by atoms with van der Waals surface area (Å²) in [5.41, 5.74) is 0. The van der Waals surface area contributed by atoms with Gasteiger partial charge >= 0.3 is 6.09 Å². The lowest BCUT2D eigenvalue weighted by atomic mass is 9.99. The fraction of sp³-hybridized carbons (Fsp3) is 0.562. The lowest BCUT2D eigenvalue weighted by Gasteiger charge is -2.41. The van der Waals surface area contributed by atoms with Gasteiger partial charge in [-0.25, -0.2) is 14.2 Å². The number of carbonyl (C=O) groups excluding carboxylic acids is 2. The SMILES string of the molecule is O=C(Oc1ccc(Cl)cn1)N1CC(F)CC(N2CCCCC2=O)C1. The molecule has 2 aliphatic heterocycles. The highest BCUT2D eigenvalue weighted by molar-refractivity contribution is 6.30. The number of carbonyl (C=O) groups is 2. The third-order valence-electron chi connectivity index (χ3n) is 4.33. The van der Waals surface area contributed by atoms with Gasteiger partial charge in [0.15, 0.2) is 0 Å². The molecule has 130 valence electrons. The minimum atomic E-state index is -1.18. The van der Waals surface area contributed by atoms with Gasteiger partial charge in [0.05, 0.1) is 17.6 Å². The summed E-state index contributed by atoms with van der Waals surface area (Å²) >= 11 is 5.73.